The number of halogens is 1. The fraction of sp³-hybridized carbons (Fsp3) is 0.444. The summed E-state index contributed by atoms with van der Waals surface area (Å²) in [5, 5.41) is 5.83. The van der Waals surface area contributed by atoms with Crippen molar-refractivity contribution in [2.24, 2.45) is 0 Å². The fourth-order valence-electron chi connectivity index (χ4n) is 1.07. The number of likely N-dealkylation sites (N-methyl/N-ethyl adjacent to an activating group) is 1. The van der Waals surface area contributed by atoms with Crippen LogP contribution in [-0.2, 0) is 4.79 Å². The van der Waals surface area contributed by atoms with Crippen LogP contribution in [0.2, 0.25) is 5.15 Å². The van der Waals surface area contributed by atoms with Crippen LogP contribution < -0.4 is 10.6 Å². The summed E-state index contributed by atoms with van der Waals surface area (Å²) < 4.78 is 0. The predicted octanol–water partition coefficient (Wildman–Crippen LogP) is 1.07. The molecular weight excluding hydrogens is 216 g/mol. The first-order valence-electron chi connectivity index (χ1n) is 4.43. The molecular formula is C9H13ClN4O. The molecule has 15 heavy (non-hydrogen) atoms. The molecule has 0 spiro atoms. The minimum absolute atomic E-state index is 0.126. The summed E-state index contributed by atoms with van der Waals surface area (Å²) >= 11 is 5.59. The number of hydrogen-bond acceptors (Lipinski definition) is 4. The van der Waals surface area contributed by atoms with Crippen molar-refractivity contribution in [3.8, 4) is 0 Å². The van der Waals surface area contributed by atoms with E-state index in [0.29, 0.717) is 11.0 Å². The lowest BCUT2D eigenvalue weighted by atomic mass is 10.1. The van der Waals surface area contributed by atoms with E-state index in [0.717, 1.165) is 0 Å². The molecule has 1 aromatic heterocycles. The molecule has 0 saturated carbocycles. The van der Waals surface area contributed by atoms with Gasteiger partial charge in [-0.15, -0.1) is 0 Å². The lowest BCUT2D eigenvalue weighted by Crippen LogP contribution is -2.46. The van der Waals surface area contributed by atoms with Gasteiger partial charge in [-0.2, -0.15) is 0 Å². The second-order valence-electron chi connectivity index (χ2n) is 3.55. The Labute approximate surface area is 93.3 Å². The van der Waals surface area contributed by atoms with E-state index in [9.17, 15) is 4.79 Å². The van der Waals surface area contributed by atoms with Crippen molar-refractivity contribution in [1.29, 1.82) is 0 Å². The Morgan fingerprint density at radius 3 is 2.53 bits per heavy atom. The second kappa shape index (κ2) is 4.44. The molecule has 5 nitrogen and oxygen atoms in total. The molecule has 0 aromatic carbocycles. The third-order valence-electron chi connectivity index (χ3n) is 1.86. The van der Waals surface area contributed by atoms with Crippen molar-refractivity contribution in [3.05, 3.63) is 17.5 Å². The minimum Gasteiger partial charge on any atom is -0.357 e. The van der Waals surface area contributed by atoms with Crippen LogP contribution in [0.1, 0.15) is 13.8 Å². The van der Waals surface area contributed by atoms with Gasteiger partial charge in [0.25, 0.3) is 0 Å². The smallest absolute Gasteiger partial charge is 0.244 e. The highest BCUT2D eigenvalue weighted by Gasteiger charge is 2.26. The lowest BCUT2D eigenvalue weighted by Gasteiger charge is -2.24. The molecule has 0 saturated heterocycles. The fourth-order valence-corrected chi connectivity index (χ4v) is 1.16. The minimum atomic E-state index is -0.739. The number of hydrogen-bond donors (Lipinski definition) is 2. The Morgan fingerprint density at radius 2 is 2.07 bits per heavy atom. The van der Waals surface area contributed by atoms with Crippen molar-refractivity contribution in [1.82, 2.24) is 15.3 Å². The summed E-state index contributed by atoms with van der Waals surface area (Å²) in [6.07, 6.45) is 2.90. The Kier molecular flexibility index (Phi) is 3.47. The Hall–Kier alpha value is -1.36. The highest BCUT2D eigenvalue weighted by molar-refractivity contribution is 6.29. The summed E-state index contributed by atoms with van der Waals surface area (Å²) in [6.45, 7) is 3.50. The van der Waals surface area contributed by atoms with Crippen LogP contribution in [0.5, 0.6) is 0 Å². The maximum atomic E-state index is 11.5. The van der Waals surface area contributed by atoms with E-state index < -0.39 is 5.54 Å². The predicted molar refractivity (Wildman–Crippen MR) is 58.8 cm³/mol. The van der Waals surface area contributed by atoms with Gasteiger partial charge in [0.05, 0.1) is 12.4 Å². The normalized spacial score (nSPS) is 10.9. The van der Waals surface area contributed by atoms with E-state index in [-0.39, 0.29) is 5.91 Å². The van der Waals surface area contributed by atoms with E-state index in [1.54, 1.807) is 20.9 Å². The monoisotopic (exact) mass is 228 g/mol. The number of nitrogens with zero attached hydrogens (tertiary/aromatic N) is 2. The zero-order valence-corrected chi connectivity index (χ0v) is 9.59. The molecule has 0 aliphatic rings. The number of carbonyl (C=O) groups is 1. The summed E-state index contributed by atoms with van der Waals surface area (Å²) in [4.78, 5) is 19.3. The van der Waals surface area contributed by atoms with Gasteiger partial charge in [-0.05, 0) is 13.8 Å². The molecule has 1 heterocycles. The van der Waals surface area contributed by atoms with Crippen LogP contribution in [0.25, 0.3) is 0 Å². The number of carbonyl (C=O) groups excluding carboxylic acids is 1. The van der Waals surface area contributed by atoms with Crippen LogP contribution in [-0.4, -0.2) is 28.5 Å². The second-order valence-corrected chi connectivity index (χ2v) is 3.94. The first-order chi connectivity index (χ1) is 6.95. The van der Waals surface area contributed by atoms with Crippen molar-refractivity contribution in [2.75, 3.05) is 12.4 Å². The Balaban J connectivity index is 2.77. The van der Waals surface area contributed by atoms with Crippen molar-refractivity contribution < 1.29 is 4.79 Å². The average Bonchev–Trinajstić information content (AvgIpc) is 2.20. The van der Waals surface area contributed by atoms with E-state index in [1.807, 2.05) is 0 Å². The van der Waals surface area contributed by atoms with E-state index in [2.05, 4.69) is 20.6 Å². The Morgan fingerprint density at radius 1 is 1.40 bits per heavy atom. The lowest BCUT2D eigenvalue weighted by molar-refractivity contribution is -0.123. The third kappa shape index (κ3) is 3.06. The molecule has 0 atom stereocenters. The van der Waals surface area contributed by atoms with Gasteiger partial charge in [-0.3, -0.25) is 4.79 Å². The molecule has 0 aliphatic carbocycles. The molecule has 0 unspecified atom stereocenters. The van der Waals surface area contributed by atoms with Crippen molar-refractivity contribution in [3.63, 3.8) is 0 Å². The van der Waals surface area contributed by atoms with E-state index in [1.165, 1.54) is 12.4 Å². The van der Waals surface area contributed by atoms with Gasteiger partial charge in [-0.1, -0.05) is 11.6 Å². The number of nitrogens with one attached hydrogen (secondary N) is 2. The first-order valence-corrected chi connectivity index (χ1v) is 4.81. The van der Waals surface area contributed by atoms with Crippen molar-refractivity contribution >= 4 is 23.3 Å². The average molecular weight is 229 g/mol. The van der Waals surface area contributed by atoms with Crippen LogP contribution >= 0.6 is 11.6 Å². The van der Waals surface area contributed by atoms with Gasteiger partial charge >= 0.3 is 0 Å². The first kappa shape index (κ1) is 11.7. The zero-order valence-electron chi connectivity index (χ0n) is 8.84. The van der Waals surface area contributed by atoms with Crippen LogP contribution in [0, 0.1) is 0 Å². The third-order valence-corrected chi connectivity index (χ3v) is 2.05. The highest BCUT2D eigenvalue weighted by Crippen LogP contribution is 2.12. The maximum Gasteiger partial charge on any atom is 0.244 e. The number of anilines is 1. The summed E-state index contributed by atoms with van der Waals surface area (Å²) in [5.41, 5.74) is -0.739. The summed E-state index contributed by atoms with van der Waals surface area (Å²) in [6, 6.07) is 0. The summed E-state index contributed by atoms with van der Waals surface area (Å²) in [7, 11) is 1.58. The van der Waals surface area contributed by atoms with Crippen molar-refractivity contribution in [2.45, 2.75) is 19.4 Å². The molecule has 0 radical (unpaired) electrons. The van der Waals surface area contributed by atoms with Gasteiger partial charge in [-0.25, -0.2) is 9.97 Å². The zero-order chi connectivity index (χ0) is 11.5. The molecule has 82 valence electrons. The molecule has 2 N–H and O–H groups in total. The largest absolute Gasteiger partial charge is 0.357 e. The van der Waals surface area contributed by atoms with E-state index in [4.69, 9.17) is 11.6 Å². The van der Waals surface area contributed by atoms with Gasteiger partial charge in [0, 0.05) is 7.05 Å². The van der Waals surface area contributed by atoms with Gasteiger partial charge < -0.3 is 10.6 Å². The quantitative estimate of drug-likeness (QED) is 0.812. The molecule has 1 rings (SSSR count). The number of rotatable bonds is 3. The topological polar surface area (TPSA) is 66.9 Å². The molecule has 6 heteroatoms. The van der Waals surface area contributed by atoms with Gasteiger partial charge in [0.2, 0.25) is 5.91 Å². The SMILES string of the molecule is CNC(=O)C(C)(C)Nc1cnc(Cl)cn1. The molecule has 0 bridgehead atoms. The summed E-state index contributed by atoms with van der Waals surface area (Å²) in [5.74, 6) is 0.382. The highest BCUT2D eigenvalue weighted by atomic mass is 35.5. The van der Waals surface area contributed by atoms with Crippen LogP contribution in [0.4, 0.5) is 5.82 Å². The van der Waals surface area contributed by atoms with Gasteiger partial charge in [0.15, 0.2) is 0 Å². The van der Waals surface area contributed by atoms with E-state index >= 15 is 0 Å². The van der Waals surface area contributed by atoms with Crippen LogP contribution in [0.3, 0.4) is 0 Å². The van der Waals surface area contributed by atoms with Gasteiger partial charge in [0.1, 0.15) is 16.5 Å². The number of amides is 1. The Bertz CT molecular complexity index is 350. The number of aromatic nitrogens is 2. The standard InChI is InChI=1S/C9H13ClN4O/c1-9(2,8(15)11-3)14-7-5-12-6(10)4-13-7/h4-5H,1-3H3,(H,11,15)(H,13,14). The van der Waals surface area contributed by atoms with Crippen LogP contribution in [0.15, 0.2) is 12.4 Å². The maximum absolute atomic E-state index is 11.5. The molecule has 1 aromatic rings. The molecule has 0 fully saturated rings. The molecule has 0 aliphatic heterocycles. The molecule has 1 amide bonds.